The first-order valence-corrected chi connectivity index (χ1v) is 22.8. The van der Waals surface area contributed by atoms with Crippen LogP contribution in [0.25, 0.3) is 99.8 Å². The van der Waals surface area contributed by atoms with Crippen LogP contribution in [0.4, 0.5) is 0 Å². The summed E-state index contributed by atoms with van der Waals surface area (Å²) in [6.45, 7) is 6.41. The molecule has 0 amide bonds. The minimum atomic E-state index is -0.613. The van der Waals surface area contributed by atoms with Crippen LogP contribution >= 0.6 is 0 Å². The second-order valence-corrected chi connectivity index (χ2v) is 17.3. The maximum Gasteiger partial charge on any atom is 0.268 e. The second-order valence-electron chi connectivity index (χ2n) is 17.3. The number of rotatable bonds is 10. The SMILES string of the molecule is [2H]c1c([2H])c([2H])c(-c2cccc(-c3c([2H])c([2H])c([2H])c([2H])c3[2H])c2-[n+]2[c-]n(-c3[c-]c(Oc4[c-]c5c(cc4)c4cc(-n6c7c([2H])c([2H])c([2H])c([2H])c7c7c([2H])c([2H])c([2H])c([2H])c76)ccc4n5-c4cc(C(C)C(C)C)ccn4)ccc3)c3ccccc32)c([2H])c1[2H].[Pt]. The topological polar surface area (TPSA) is 40.8 Å². The Labute approximate surface area is 458 Å². The molecule has 0 aliphatic carbocycles. The molecule has 0 bridgehead atoms. The molecule has 0 saturated carbocycles. The monoisotopic (exact) mass is 1130 g/mol. The first-order chi connectivity index (χ1) is 42.4. The number of hydrogen-bond acceptors (Lipinski definition) is 2. The third-order valence-electron chi connectivity index (χ3n) is 13.0. The third kappa shape index (κ3) is 7.62. The number of aromatic nitrogens is 5. The number of benzene rings is 9. The molecule has 0 spiro atoms. The fraction of sp³-hybridized carbons (Fsp3) is 0.0769. The first-order valence-electron chi connectivity index (χ1n) is 31.8. The van der Waals surface area contributed by atoms with Gasteiger partial charge in [-0.1, -0.05) is 165 Å². The minimum absolute atomic E-state index is 0. The van der Waals surface area contributed by atoms with Crippen LogP contribution in [0.3, 0.4) is 0 Å². The fourth-order valence-corrected chi connectivity index (χ4v) is 9.36. The van der Waals surface area contributed by atoms with Crippen molar-refractivity contribution in [2.24, 2.45) is 5.92 Å². The summed E-state index contributed by atoms with van der Waals surface area (Å²) in [5, 5.41) is 1.21. The number of fused-ring (bicyclic) bond motifs is 7. The van der Waals surface area contributed by atoms with Crippen molar-refractivity contribution in [1.29, 1.82) is 0 Å². The van der Waals surface area contributed by atoms with Crippen molar-refractivity contribution in [3.8, 4) is 56.6 Å². The summed E-state index contributed by atoms with van der Waals surface area (Å²) < 4.78 is 172. The Morgan fingerprint density at radius 3 is 1.92 bits per heavy atom. The fourth-order valence-electron chi connectivity index (χ4n) is 9.36. The van der Waals surface area contributed by atoms with E-state index in [0.717, 1.165) is 5.56 Å². The average molecular weight is 1130 g/mol. The van der Waals surface area contributed by atoms with E-state index in [4.69, 9.17) is 34.4 Å². The number of ether oxygens (including phenoxy) is 1. The van der Waals surface area contributed by atoms with Gasteiger partial charge in [0, 0.05) is 60.7 Å². The van der Waals surface area contributed by atoms with Crippen LogP contribution in [-0.2, 0) is 21.1 Å². The van der Waals surface area contributed by atoms with E-state index in [2.05, 4.69) is 39.2 Å². The molecule has 13 rings (SSSR count). The van der Waals surface area contributed by atoms with Crippen molar-refractivity contribution < 1.29 is 55.0 Å². The molecule has 13 aromatic rings. The van der Waals surface area contributed by atoms with E-state index in [1.54, 1.807) is 82.1 Å². The summed E-state index contributed by atoms with van der Waals surface area (Å²) in [7, 11) is 0. The standard InChI is InChI=1S/C65H47N5O.Pt/c1-43(2)44(3)47-36-37-66-64(38-47)70-60-35-32-49(69-58-28-12-10-24-54(58)55-25-11-13-29-59(55)69)40-57(60)56-34-33-51(41-63(56)70)71-50-23-16-22-48(39-50)67-42-68(62-31-15-14-30-61(62)67)65-52(45-18-6-4-7-19-45)26-17-27-53(65)46-20-8-5-9-21-46;/h4-38,40,43-44H,1-3H3;/q-2;/i4D,5D,6D,7D,8D,9D,10D,11D,12D,13D,18D,19D,20D,21D,24D,25D,28D,29D;. The van der Waals surface area contributed by atoms with Gasteiger partial charge in [-0.2, -0.15) is 18.2 Å². The molecule has 4 aromatic heterocycles. The summed E-state index contributed by atoms with van der Waals surface area (Å²) >= 11 is 0. The van der Waals surface area contributed by atoms with E-state index in [-0.39, 0.29) is 94.1 Å². The van der Waals surface area contributed by atoms with Crippen molar-refractivity contribution >= 4 is 54.6 Å². The molecular weight excluding hydrogens is 1060 g/mol. The van der Waals surface area contributed by atoms with Crippen molar-refractivity contribution in [2.75, 3.05) is 0 Å². The summed E-state index contributed by atoms with van der Waals surface area (Å²) in [6, 6.07) is 27.1. The molecule has 0 N–H and O–H groups in total. The van der Waals surface area contributed by atoms with Gasteiger partial charge in [0.2, 0.25) is 0 Å². The van der Waals surface area contributed by atoms with Crippen molar-refractivity contribution in [3.63, 3.8) is 0 Å². The van der Waals surface area contributed by atoms with Gasteiger partial charge in [-0.15, -0.1) is 29.7 Å². The summed E-state index contributed by atoms with van der Waals surface area (Å²) in [5.41, 5.74) is 3.81. The van der Waals surface area contributed by atoms with Crippen molar-refractivity contribution in [3.05, 3.63) is 242 Å². The maximum absolute atomic E-state index is 9.16. The number of hydrogen-bond donors (Lipinski definition) is 0. The van der Waals surface area contributed by atoms with Crippen molar-refractivity contribution in [1.82, 2.24) is 18.7 Å². The minimum Gasteiger partial charge on any atom is -0.510 e. The number of imidazole rings is 1. The number of nitrogens with zero attached hydrogens (tertiary/aromatic N) is 5. The molecule has 0 aliphatic rings. The van der Waals surface area contributed by atoms with Gasteiger partial charge in [0.1, 0.15) is 5.82 Å². The predicted molar refractivity (Wildman–Crippen MR) is 288 cm³/mol. The van der Waals surface area contributed by atoms with E-state index in [9.17, 15) is 0 Å². The third-order valence-corrected chi connectivity index (χ3v) is 13.0. The van der Waals surface area contributed by atoms with Crippen LogP contribution < -0.4 is 9.30 Å². The molecule has 6 nitrogen and oxygen atoms in total. The quantitative estimate of drug-likeness (QED) is 0.101. The van der Waals surface area contributed by atoms with E-state index in [1.807, 2.05) is 34.9 Å². The van der Waals surface area contributed by atoms with Gasteiger partial charge in [-0.05, 0) is 93.1 Å². The molecule has 350 valence electrons. The van der Waals surface area contributed by atoms with Gasteiger partial charge in [0.05, 0.1) is 52.4 Å². The number of pyridine rings is 1. The molecule has 9 aromatic carbocycles. The molecule has 1 atom stereocenters. The second kappa shape index (κ2) is 18.5. The van der Waals surface area contributed by atoms with Gasteiger partial charge < -0.3 is 18.4 Å². The largest absolute Gasteiger partial charge is 0.510 e. The zero-order valence-corrected chi connectivity index (χ0v) is 40.8. The van der Waals surface area contributed by atoms with E-state index in [0.29, 0.717) is 50.0 Å². The van der Waals surface area contributed by atoms with Crippen LogP contribution in [-0.4, -0.2) is 18.7 Å². The Balaban J connectivity index is 0.00000785. The summed E-state index contributed by atoms with van der Waals surface area (Å²) in [4.78, 5) is 4.88. The number of para-hydroxylation sites is 5. The van der Waals surface area contributed by atoms with Crippen LogP contribution in [0.1, 0.15) is 56.9 Å². The summed E-state index contributed by atoms with van der Waals surface area (Å²) in [6.07, 6.45) is 5.12. The van der Waals surface area contributed by atoms with Gasteiger partial charge in [0.25, 0.3) is 6.33 Å². The smallest absolute Gasteiger partial charge is 0.268 e. The van der Waals surface area contributed by atoms with Gasteiger partial charge in [0.15, 0.2) is 0 Å². The Hall–Kier alpha value is -8.31. The normalized spacial score (nSPS) is 15.6. The molecule has 7 heteroatoms. The Bertz CT molecular complexity index is 5030. The van der Waals surface area contributed by atoms with Crippen LogP contribution in [0.5, 0.6) is 11.5 Å². The first kappa shape index (κ1) is 29.1. The van der Waals surface area contributed by atoms with Crippen LogP contribution in [0.15, 0.2) is 218 Å². The summed E-state index contributed by atoms with van der Waals surface area (Å²) in [5.74, 6) is 1.46. The molecule has 0 aliphatic heterocycles. The average Bonchev–Trinajstić information content (AvgIpc) is 1.52. The zero-order valence-electron chi connectivity index (χ0n) is 56.5. The molecule has 1 unspecified atom stereocenters. The molecule has 0 saturated heterocycles. The molecule has 0 radical (unpaired) electrons. The molecular formula is C65H47N5OPt-2. The Morgan fingerprint density at radius 2 is 1.21 bits per heavy atom. The van der Waals surface area contributed by atoms with E-state index in [1.165, 1.54) is 10.6 Å². The van der Waals surface area contributed by atoms with Gasteiger partial charge in [-0.3, -0.25) is 4.57 Å². The molecule has 4 heterocycles. The van der Waals surface area contributed by atoms with E-state index >= 15 is 0 Å². The van der Waals surface area contributed by atoms with Crippen LogP contribution in [0.2, 0.25) is 0 Å². The van der Waals surface area contributed by atoms with Gasteiger partial charge >= 0.3 is 0 Å². The molecule has 72 heavy (non-hydrogen) atoms. The molecule has 0 fully saturated rings. The Morgan fingerprint density at radius 1 is 0.556 bits per heavy atom. The van der Waals surface area contributed by atoms with Crippen LogP contribution in [0, 0.1) is 24.4 Å². The predicted octanol–water partition coefficient (Wildman–Crippen LogP) is 15.8. The van der Waals surface area contributed by atoms with E-state index < -0.39 is 109 Å². The van der Waals surface area contributed by atoms with Gasteiger partial charge in [-0.25, -0.2) is 4.98 Å². The Kier molecular flexibility index (Phi) is 7.47. The van der Waals surface area contributed by atoms with Crippen molar-refractivity contribution in [2.45, 2.75) is 26.7 Å². The maximum atomic E-state index is 9.16. The zero-order chi connectivity index (χ0) is 63.2.